The SMILES string of the molecule is C=NC(=O)N(CCO)CCO. The fourth-order valence-corrected chi connectivity index (χ4v) is 0.645. The third-order valence-electron chi connectivity index (χ3n) is 1.15. The van der Waals surface area contributed by atoms with Gasteiger partial charge in [0.05, 0.1) is 13.2 Å². The Bertz CT molecular complexity index is 132. The molecule has 0 unspecified atom stereocenters. The summed E-state index contributed by atoms with van der Waals surface area (Å²) >= 11 is 0. The van der Waals surface area contributed by atoms with Crippen molar-refractivity contribution in [1.82, 2.24) is 4.90 Å². The number of hydrogen-bond acceptors (Lipinski definition) is 3. The van der Waals surface area contributed by atoms with Gasteiger partial charge in [0.1, 0.15) is 0 Å². The van der Waals surface area contributed by atoms with Crippen LogP contribution in [-0.2, 0) is 0 Å². The number of carbonyl (C=O) groups is 1. The largest absolute Gasteiger partial charge is 0.395 e. The van der Waals surface area contributed by atoms with Crippen LogP contribution >= 0.6 is 0 Å². The van der Waals surface area contributed by atoms with Gasteiger partial charge >= 0.3 is 6.03 Å². The van der Waals surface area contributed by atoms with E-state index < -0.39 is 6.03 Å². The molecule has 0 spiro atoms. The number of nitrogens with zero attached hydrogens (tertiary/aromatic N) is 2. The Morgan fingerprint density at radius 2 is 1.82 bits per heavy atom. The average Bonchev–Trinajstić information content (AvgIpc) is 2.03. The summed E-state index contributed by atoms with van der Waals surface area (Å²) < 4.78 is 0. The van der Waals surface area contributed by atoms with E-state index in [1.807, 2.05) is 0 Å². The van der Waals surface area contributed by atoms with E-state index in [2.05, 4.69) is 11.7 Å². The molecule has 0 aromatic rings. The molecular weight excluding hydrogens is 148 g/mol. The molecule has 2 N–H and O–H groups in total. The van der Waals surface area contributed by atoms with Gasteiger partial charge in [-0.05, 0) is 6.72 Å². The fourth-order valence-electron chi connectivity index (χ4n) is 0.645. The molecular formula is C6H12N2O3. The molecule has 0 radical (unpaired) electrons. The van der Waals surface area contributed by atoms with E-state index in [0.29, 0.717) is 0 Å². The van der Waals surface area contributed by atoms with Crippen LogP contribution in [0.2, 0.25) is 0 Å². The lowest BCUT2D eigenvalue weighted by Crippen LogP contribution is -2.33. The number of aliphatic hydroxyl groups is 2. The Kier molecular flexibility index (Phi) is 5.32. The molecule has 0 bridgehead atoms. The molecule has 0 fully saturated rings. The highest BCUT2D eigenvalue weighted by molar-refractivity contribution is 5.78. The standard InChI is InChI=1S/C6H12N2O3/c1-7-6(11)8(2-4-9)3-5-10/h9-10H,1-5H2. The Morgan fingerprint density at radius 1 is 1.36 bits per heavy atom. The third-order valence-corrected chi connectivity index (χ3v) is 1.15. The third kappa shape index (κ3) is 3.69. The van der Waals surface area contributed by atoms with E-state index in [1.54, 1.807) is 0 Å². The minimum Gasteiger partial charge on any atom is -0.395 e. The zero-order valence-electron chi connectivity index (χ0n) is 6.23. The second-order valence-corrected chi connectivity index (χ2v) is 1.87. The summed E-state index contributed by atoms with van der Waals surface area (Å²) in [7, 11) is 0. The van der Waals surface area contributed by atoms with Gasteiger partial charge < -0.3 is 15.1 Å². The summed E-state index contributed by atoms with van der Waals surface area (Å²) in [6, 6.07) is -0.520. The van der Waals surface area contributed by atoms with Crippen molar-refractivity contribution >= 4 is 12.7 Å². The van der Waals surface area contributed by atoms with Crippen molar-refractivity contribution in [3.63, 3.8) is 0 Å². The molecule has 5 nitrogen and oxygen atoms in total. The van der Waals surface area contributed by atoms with Crippen LogP contribution in [0.3, 0.4) is 0 Å². The van der Waals surface area contributed by atoms with E-state index in [0.717, 1.165) is 0 Å². The molecule has 64 valence electrons. The van der Waals surface area contributed by atoms with Gasteiger partial charge in [0.25, 0.3) is 0 Å². The zero-order valence-corrected chi connectivity index (χ0v) is 6.23. The van der Waals surface area contributed by atoms with Crippen molar-refractivity contribution < 1.29 is 15.0 Å². The van der Waals surface area contributed by atoms with Crippen LogP contribution in [0.1, 0.15) is 0 Å². The molecule has 0 aromatic carbocycles. The lowest BCUT2D eigenvalue weighted by atomic mass is 10.5. The van der Waals surface area contributed by atoms with Crippen LogP contribution in [0.5, 0.6) is 0 Å². The van der Waals surface area contributed by atoms with E-state index >= 15 is 0 Å². The van der Waals surface area contributed by atoms with Crippen molar-refractivity contribution in [1.29, 1.82) is 0 Å². The molecule has 0 aromatic heterocycles. The highest BCUT2D eigenvalue weighted by atomic mass is 16.3. The predicted octanol–water partition coefficient (Wildman–Crippen LogP) is -0.906. The molecule has 0 rings (SSSR count). The highest BCUT2D eigenvalue weighted by Gasteiger charge is 2.08. The lowest BCUT2D eigenvalue weighted by molar-refractivity contribution is 0.165. The summed E-state index contributed by atoms with van der Waals surface area (Å²) in [6.07, 6.45) is 0. The van der Waals surface area contributed by atoms with Crippen molar-refractivity contribution in [2.24, 2.45) is 4.99 Å². The van der Waals surface area contributed by atoms with E-state index in [-0.39, 0.29) is 26.3 Å². The first kappa shape index (κ1) is 10.1. The summed E-state index contributed by atoms with van der Waals surface area (Å²) in [4.78, 5) is 15.1. The fraction of sp³-hybridized carbons (Fsp3) is 0.667. The molecule has 11 heavy (non-hydrogen) atoms. The topological polar surface area (TPSA) is 73.1 Å². The average molecular weight is 160 g/mol. The number of rotatable bonds is 4. The summed E-state index contributed by atoms with van der Waals surface area (Å²) in [5.74, 6) is 0. The first-order valence-electron chi connectivity index (χ1n) is 3.23. The Morgan fingerprint density at radius 3 is 2.09 bits per heavy atom. The Labute approximate surface area is 65.0 Å². The zero-order chi connectivity index (χ0) is 8.69. The molecule has 2 amide bonds. The van der Waals surface area contributed by atoms with Crippen molar-refractivity contribution in [2.45, 2.75) is 0 Å². The number of amides is 2. The van der Waals surface area contributed by atoms with Gasteiger partial charge in [-0.25, -0.2) is 9.79 Å². The normalized spacial score (nSPS) is 9.27. The number of hydrogen-bond donors (Lipinski definition) is 2. The van der Waals surface area contributed by atoms with Gasteiger partial charge in [0.2, 0.25) is 0 Å². The van der Waals surface area contributed by atoms with Gasteiger partial charge in [0, 0.05) is 13.1 Å². The van der Waals surface area contributed by atoms with E-state index in [4.69, 9.17) is 10.2 Å². The molecule has 0 aliphatic carbocycles. The number of carbonyl (C=O) groups excluding carboxylic acids is 1. The second kappa shape index (κ2) is 5.82. The maximum absolute atomic E-state index is 10.8. The summed E-state index contributed by atoms with van der Waals surface area (Å²) in [5, 5.41) is 16.9. The smallest absolute Gasteiger partial charge is 0.343 e. The Hall–Kier alpha value is -0.940. The van der Waals surface area contributed by atoms with Crippen LogP contribution in [0.15, 0.2) is 4.99 Å². The maximum atomic E-state index is 10.8. The first-order chi connectivity index (χ1) is 5.26. The van der Waals surface area contributed by atoms with Crippen LogP contribution in [-0.4, -0.2) is 54.2 Å². The highest BCUT2D eigenvalue weighted by Crippen LogP contribution is 1.90. The van der Waals surface area contributed by atoms with Crippen molar-refractivity contribution in [3.8, 4) is 0 Å². The van der Waals surface area contributed by atoms with Crippen LogP contribution in [0, 0.1) is 0 Å². The maximum Gasteiger partial charge on any atom is 0.343 e. The van der Waals surface area contributed by atoms with E-state index in [1.165, 1.54) is 4.90 Å². The first-order valence-corrected chi connectivity index (χ1v) is 3.23. The van der Waals surface area contributed by atoms with Crippen molar-refractivity contribution in [3.05, 3.63) is 0 Å². The van der Waals surface area contributed by atoms with Gasteiger partial charge in [0.15, 0.2) is 0 Å². The molecule has 0 aliphatic heterocycles. The number of urea groups is 1. The van der Waals surface area contributed by atoms with Crippen LogP contribution < -0.4 is 0 Å². The molecule has 0 saturated carbocycles. The van der Waals surface area contributed by atoms with Gasteiger partial charge in [-0.3, -0.25) is 0 Å². The minimum atomic E-state index is -0.520. The number of aliphatic imine (C=N–C) groups is 1. The number of aliphatic hydroxyl groups excluding tert-OH is 2. The minimum absolute atomic E-state index is 0.138. The van der Waals surface area contributed by atoms with E-state index in [9.17, 15) is 4.79 Å². The molecule has 0 heterocycles. The van der Waals surface area contributed by atoms with Gasteiger partial charge in [-0.15, -0.1) is 0 Å². The monoisotopic (exact) mass is 160 g/mol. The molecule has 5 heteroatoms. The lowest BCUT2D eigenvalue weighted by Gasteiger charge is -2.16. The quantitative estimate of drug-likeness (QED) is 0.523. The predicted molar refractivity (Wildman–Crippen MR) is 40.7 cm³/mol. The molecule has 0 saturated heterocycles. The molecule has 0 aliphatic rings. The van der Waals surface area contributed by atoms with Crippen molar-refractivity contribution in [2.75, 3.05) is 26.3 Å². The van der Waals surface area contributed by atoms with Gasteiger partial charge in [-0.2, -0.15) is 0 Å². The summed E-state index contributed by atoms with van der Waals surface area (Å²) in [6.45, 7) is 3.12. The summed E-state index contributed by atoms with van der Waals surface area (Å²) in [5.41, 5.74) is 0. The van der Waals surface area contributed by atoms with Crippen LogP contribution in [0.25, 0.3) is 0 Å². The molecule has 0 atom stereocenters. The van der Waals surface area contributed by atoms with Crippen LogP contribution in [0.4, 0.5) is 4.79 Å². The second-order valence-electron chi connectivity index (χ2n) is 1.87. The van der Waals surface area contributed by atoms with Gasteiger partial charge in [-0.1, -0.05) is 0 Å². The Balaban J connectivity index is 3.86.